The summed E-state index contributed by atoms with van der Waals surface area (Å²) >= 11 is 0. The SMILES string of the molecule is CC(OC(=O)CCN1C(=O)c2ccccc2C1=O)C(=O)N1CCCC1. The van der Waals surface area contributed by atoms with Crippen LogP contribution < -0.4 is 0 Å². The zero-order chi connectivity index (χ0) is 18.0. The molecule has 3 rings (SSSR count). The minimum Gasteiger partial charge on any atom is -0.452 e. The van der Waals surface area contributed by atoms with E-state index in [1.807, 2.05) is 0 Å². The molecule has 0 saturated carbocycles. The second-order valence-corrected chi connectivity index (χ2v) is 6.22. The summed E-state index contributed by atoms with van der Waals surface area (Å²) in [5.74, 6) is -1.62. The molecule has 0 aromatic heterocycles. The Labute approximate surface area is 145 Å². The van der Waals surface area contributed by atoms with Crippen LogP contribution in [0, 0.1) is 0 Å². The van der Waals surface area contributed by atoms with Crippen LogP contribution in [0.5, 0.6) is 0 Å². The Morgan fingerprint density at radius 2 is 1.64 bits per heavy atom. The van der Waals surface area contributed by atoms with Crippen molar-refractivity contribution in [2.45, 2.75) is 32.3 Å². The second kappa shape index (κ2) is 7.04. The number of fused-ring (bicyclic) bond motifs is 1. The van der Waals surface area contributed by atoms with Gasteiger partial charge in [0.1, 0.15) is 0 Å². The number of rotatable bonds is 5. The first-order chi connectivity index (χ1) is 12.0. The first kappa shape index (κ1) is 17.1. The molecule has 0 aliphatic carbocycles. The van der Waals surface area contributed by atoms with Crippen LogP contribution in [-0.2, 0) is 14.3 Å². The maximum Gasteiger partial charge on any atom is 0.308 e. The number of carbonyl (C=O) groups is 4. The molecule has 0 radical (unpaired) electrons. The van der Waals surface area contributed by atoms with E-state index >= 15 is 0 Å². The average molecular weight is 344 g/mol. The molecular weight excluding hydrogens is 324 g/mol. The van der Waals surface area contributed by atoms with Gasteiger partial charge in [-0.2, -0.15) is 0 Å². The number of amides is 3. The minimum absolute atomic E-state index is 0.0597. The van der Waals surface area contributed by atoms with Gasteiger partial charge in [0, 0.05) is 19.6 Å². The van der Waals surface area contributed by atoms with E-state index in [1.54, 1.807) is 36.1 Å². The lowest BCUT2D eigenvalue weighted by molar-refractivity contribution is -0.158. The third-order valence-electron chi connectivity index (χ3n) is 4.49. The van der Waals surface area contributed by atoms with Crippen molar-refractivity contribution in [3.63, 3.8) is 0 Å². The Bertz CT molecular complexity index is 689. The van der Waals surface area contributed by atoms with E-state index in [4.69, 9.17) is 4.74 Å². The first-order valence-electron chi connectivity index (χ1n) is 8.42. The van der Waals surface area contributed by atoms with Gasteiger partial charge in [-0.3, -0.25) is 24.1 Å². The highest BCUT2D eigenvalue weighted by Gasteiger charge is 2.35. The summed E-state index contributed by atoms with van der Waals surface area (Å²) in [6.45, 7) is 2.86. The zero-order valence-electron chi connectivity index (χ0n) is 14.1. The number of carbonyl (C=O) groups excluding carboxylic acids is 4. The highest BCUT2D eigenvalue weighted by atomic mass is 16.5. The lowest BCUT2D eigenvalue weighted by Gasteiger charge is -2.20. The molecule has 7 nitrogen and oxygen atoms in total. The van der Waals surface area contributed by atoms with Crippen molar-refractivity contribution in [1.82, 2.24) is 9.80 Å². The number of hydrogen-bond acceptors (Lipinski definition) is 5. The number of benzene rings is 1. The Morgan fingerprint density at radius 3 is 2.20 bits per heavy atom. The highest BCUT2D eigenvalue weighted by Crippen LogP contribution is 2.22. The van der Waals surface area contributed by atoms with Crippen LogP contribution in [-0.4, -0.2) is 59.2 Å². The van der Waals surface area contributed by atoms with Crippen molar-refractivity contribution in [1.29, 1.82) is 0 Å². The fourth-order valence-corrected chi connectivity index (χ4v) is 3.15. The number of nitrogens with zero attached hydrogens (tertiary/aromatic N) is 2. The quantitative estimate of drug-likeness (QED) is 0.592. The predicted molar refractivity (Wildman–Crippen MR) is 87.8 cm³/mol. The number of esters is 1. The van der Waals surface area contributed by atoms with Gasteiger partial charge in [-0.05, 0) is 31.9 Å². The van der Waals surface area contributed by atoms with Crippen molar-refractivity contribution in [3.8, 4) is 0 Å². The van der Waals surface area contributed by atoms with E-state index in [0.29, 0.717) is 24.2 Å². The molecule has 1 aromatic carbocycles. The molecule has 2 heterocycles. The smallest absolute Gasteiger partial charge is 0.308 e. The van der Waals surface area contributed by atoms with Crippen molar-refractivity contribution < 1.29 is 23.9 Å². The van der Waals surface area contributed by atoms with Crippen LogP contribution in [0.15, 0.2) is 24.3 Å². The zero-order valence-corrected chi connectivity index (χ0v) is 14.1. The molecule has 0 spiro atoms. The normalized spacial score (nSPS) is 17.6. The summed E-state index contributed by atoms with van der Waals surface area (Å²) in [7, 11) is 0. The van der Waals surface area contributed by atoms with E-state index in [2.05, 4.69) is 0 Å². The van der Waals surface area contributed by atoms with Gasteiger partial charge in [0.2, 0.25) is 0 Å². The summed E-state index contributed by atoms with van der Waals surface area (Å²) in [6, 6.07) is 6.55. The van der Waals surface area contributed by atoms with Gasteiger partial charge in [0.25, 0.3) is 17.7 Å². The first-order valence-corrected chi connectivity index (χ1v) is 8.42. The molecule has 3 amide bonds. The Morgan fingerprint density at radius 1 is 1.08 bits per heavy atom. The molecule has 1 unspecified atom stereocenters. The third-order valence-corrected chi connectivity index (χ3v) is 4.49. The number of ether oxygens (including phenoxy) is 1. The molecule has 1 fully saturated rings. The van der Waals surface area contributed by atoms with Crippen molar-refractivity contribution in [2.75, 3.05) is 19.6 Å². The Kier molecular flexibility index (Phi) is 4.83. The molecule has 1 saturated heterocycles. The van der Waals surface area contributed by atoms with E-state index < -0.39 is 23.9 Å². The number of likely N-dealkylation sites (tertiary alicyclic amines) is 1. The van der Waals surface area contributed by atoms with Crippen molar-refractivity contribution >= 4 is 23.7 Å². The fraction of sp³-hybridized carbons (Fsp3) is 0.444. The van der Waals surface area contributed by atoms with Gasteiger partial charge in [0.05, 0.1) is 17.5 Å². The molecule has 132 valence electrons. The van der Waals surface area contributed by atoms with Gasteiger partial charge >= 0.3 is 5.97 Å². The minimum atomic E-state index is -0.854. The summed E-state index contributed by atoms with van der Waals surface area (Å²) < 4.78 is 5.15. The second-order valence-electron chi connectivity index (χ2n) is 6.22. The standard InChI is InChI=1S/C18H20N2O5/c1-12(16(22)19-9-4-5-10-19)25-15(21)8-11-20-17(23)13-6-2-3-7-14(13)18(20)24/h2-3,6-7,12H,4-5,8-11H2,1H3. The van der Waals surface area contributed by atoms with E-state index in [-0.39, 0.29) is 18.9 Å². The lowest BCUT2D eigenvalue weighted by atomic mass is 10.1. The maximum atomic E-state index is 12.2. The van der Waals surface area contributed by atoms with Crippen molar-refractivity contribution in [2.24, 2.45) is 0 Å². The van der Waals surface area contributed by atoms with E-state index in [9.17, 15) is 19.2 Å². The van der Waals surface area contributed by atoms with Gasteiger partial charge in [0.15, 0.2) is 6.10 Å². The lowest BCUT2D eigenvalue weighted by Crippen LogP contribution is -2.39. The largest absolute Gasteiger partial charge is 0.452 e. The highest BCUT2D eigenvalue weighted by molar-refractivity contribution is 6.21. The molecule has 25 heavy (non-hydrogen) atoms. The van der Waals surface area contributed by atoms with Crippen LogP contribution in [0.25, 0.3) is 0 Å². The average Bonchev–Trinajstić information content (AvgIpc) is 3.22. The van der Waals surface area contributed by atoms with Crippen LogP contribution in [0.4, 0.5) is 0 Å². The summed E-state index contributed by atoms with van der Waals surface area (Å²) in [5.41, 5.74) is 0.692. The molecule has 7 heteroatoms. The van der Waals surface area contributed by atoms with Gasteiger partial charge in [-0.1, -0.05) is 12.1 Å². The van der Waals surface area contributed by atoms with Gasteiger partial charge in [-0.15, -0.1) is 0 Å². The monoisotopic (exact) mass is 344 g/mol. The maximum absolute atomic E-state index is 12.2. The molecule has 2 aliphatic heterocycles. The summed E-state index contributed by atoms with van der Waals surface area (Å²) in [6.07, 6.45) is 0.939. The fourth-order valence-electron chi connectivity index (χ4n) is 3.15. The number of imide groups is 1. The predicted octanol–water partition coefficient (Wildman–Crippen LogP) is 1.23. The third kappa shape index (κ3) is 3.40. The van der Waals surface area contributed by atoms with E-state index in [1.165, 1.54) is 0 Å². The molecule has 0 bridgehead atoms. The topological polar surface area (TPSA) is 84.0 Å². The molecular formula is C18H20N2O5. The van der Waals surface area contributed by atoms with Crippen LogP contribution in [0.2, 0.25) is 0 Å². The van der Waals surface area contributed by atoms with Gasteiger partial charge in [-0.25, -0.2) is 0 Å². The molecule has 1 atom stereocenters. The van der Waals surface area contributed by atoms with Crippen LogP contribution in [0.1, 0.15) is 46.9 Å². The summed E-state index contributed by atoms with van der Waals surface area (Å²) in [5, 5.41) is 0. The van der Waals surface area contributed by atoms with E-state index in [0.717, 1.165) is 17.7 Å². The Hall–Kier alpha value is -2.70. The van der Waals surface area contributed by atoms with Crippen LogP contribution >= 0.6 is 0 Å². The van der Waals surface area contributed by atoms with Crippen molar-refractivity contribution in [3.05, 3.63) is 35.4 Å². The molecule has 1 aromatic rings. The van der Waals surface area contributed by atoms with Gasteiger partial charge < -0.3 is 9.64 Å². The summed E-state index contributed by atoms with van der Waals surface area (Å²) in [4.78, 5) is 51.3. The number of hydrogen-bond donors (Lipinski definition) is 0. The molecule has 0 N–H and O–H groups in total. The molecule has 2 aliphatic rings. The Balaban J connectivity index is 1.52. The van der Waals surface area contributed by atoms with Crippen LogP contribution in [0.3, 0.4) is 0 Å².